The van der Waals surface area contributed by atoms with Gasteiger partial charge in [-0.15, -0.1) is 0 Å². The van der Waals surface area contributed by atoms with Crippen LogP contribution in [0.3, 0.4) is 0 Å². The molecule has 1 aromatic carbocycles. The average molecular weight is 351 g/mol. The Morgan fingerprint density at radius 3 is 2.77 bits per heavy atom. The highest BCUT2D eigenvalue weighted by Crippen LogP contribution is 2.42. The number of nitrogens with zero attached hydrogens (tertiary/aromatic N) is 3. The van der Waals surface area contributed by atoms with E-state index >= 15 is 0 Å². The summed E-state index contributed by atoms with van der Waals surface area (Å²) < 4.78 is 0. The third kappa shape index (κ3) is 3.38. The molecule has 26 heavy (non-hydrogen) atoms. The van der Waals surface area contributed by atoms with Crippen LogP contribution in [0.1, 0.15) is 62.5 Å². The second kappa shape index (κ2) is 7.40. The molecule has 0 unspecified atom stereocenters. The molecule has 138 valence electrons. The molecule has 3 fully saturated rings. The summed E-state index contributed by atoms with van der Waals surface area (Å²) in [7, 11) is 0. The van der Waals surface area contributed by atoms with Gasteiger partial charge in [0.1, 0.15) is 0 Å². The standard InChI is InChI=1S/C22H29N3O/c23-15-18-6-4-7-19(14-18)16-24-13-11-22(17-24)10-5-12-25(21(22)26)20-8-2-1-3-9-20/h4,6-7,14,20H,1-3,5,8-13,16-17H2/t22-/m0/s1. The maximum absolute atomic E-state index is 13.4. The van der Waals surface area contributed by atoms with Gasteiger partial charge in [0.2, 0.25) is 5.91 Å². The van der Waals surface area contributed by atoms with Gasteiger partial charge in [0, 0.05) is 25.7 Å². The van der Waals surface area contributed by atoms with Crippen molar-refractivity contribution < 1.29 is 4.79 Å². The molecule has 4 rings (SSSR count). The summed E-state index contributed by atoms with van der Waals surface area (Å²) in [6.45, 7) is 3.68. The lowest BCUT2D eigenvalue weighted by Crippen LogP contribution is -2.54. The quantitative estimate of drug-likeness (QED) is 0.834. The van der Waals surface area contributed by atoms with Crippen LogP contribution in [0.4, 0.5) is 0 Å². The highest BCUT2D eigenvalue weighted by Gasteiger charge is 2.49. The minimum absolute atomic E-state index is 0.150. The number of hydrogen-bond acceptors (Lipinski definition) is 3. The summed E-state index contributed by atoms with van der Waals surface area (Å²) in [4.78, 5) is 18.1. The monoisotopic (exact) mass is 351 g/mol. The predicted octanol–water partition coefficient (Wildman–Crippen LogP) is 3.71. The van der Waals surface area contributed by atoms with Gasteiger partial charge in [-0.05, 0) is 56.3 Å². The Bertz CT molecular complexity index is 704. The molecule has 1 aromatic rings. The molecule has 2 heterocycles. The number of carbonyl (C=O) groups is 1. The van der Waals surface area contributed by atoms with E-state index < -0.39 is 0 Å². The summed E-state index contributed by atoms with van der Waals surface area (Å²) in [5.74, 6) is 0.434. The molecule has 1 spiro atoms. The minimum atomic E-state index is -0.150. The molecule has 1 saturated carbocycles. The van der Waals surface area contributed by atoms with Crippen LogP contribution in [0.15, 0.2) is 24.3 Å². The van der Waals surface area contributed by atoms with Gasteiger partial charge in [-0.25, -0.2) is 0 Å². The highest BCUT2D eigenvalue weighted by atomic mass is 16.2. The van der Waals surface area contributed by atoms with Crippen LogP contribution < -0.4 is 0 Å². The van der Waals surface area contributed by atoms with E-state index in [0.29, 0.717) is 17.5 Å². The van der Waals surface area contributed by atoms with Crippen molar-refractivity contribution in [2.24, 2.45) is 5.41 Å². The fraction of sp³-hybridized carbons (Fsp3) is 0.636. The maximum Gasteiger partial charge on any atom is 0.230 e. The van der Waals surface area contributed by atoms with E-state index in [0.717, 1.165) is 45.4 Å². The van der Waals surface area contributed by atoms with E-state index in [-0.39, 0.29) is 5.41 Å². The van der Waals surface area contributed by atoms with Crippen LogP contribution in [-0.4, -0.2) is 41.4 Å². The van der Waals surface area contributed by atoms with Crippen molar-refractivity contribution in [1.29, 1.82) is 5.26 Å². The Kier molecular flexibility index (Phi) is 5.00. The first-order valence-electron chi connectivity index (χ1n) is 10.2. The van der Waals surface area contributed by atoms with E-state index in [1.54, 1.807) is 0 Å². The zero-order valence-corrected chi connectivity index (χ0v) is 15.6. The predicted molar refractivity (Wildman–Crippen MR) is 101 cm³/mol. The Morgan fingerprint density at radius 2 is 1.96 bits per heavy atom. The molecule has 0 aromatic heterocycles. The van der Waals surface area contributed by atoms with Gasteiger partial charge in [-0.1, -0.05) is 31.4 Å². The molecule has 1 aliphatic carbocycles. The van der Waals surface area contributed by atoms with E-state index in [9.17, 15) is 4.79 Å². The molecular formula is C22H29N3O. The minimum Gasteiger partial charge on any atom is -0.339 e. The summed E-state index contributed by atoms with van der Waals surface area (Å²) in [6.07, 6.45) is 9.49. The van der Waals surface area contributed by atoms with Crippen LogP contribution in [0, 0.1) is 16.7 Å². The van der Waals surface area contributed by atoms with Crippen LogP contribution in [-0.2, 0) is 11.3 Å². The zero-order chi connectivity index (χ0) is 18.0. The van der Waals surface area contributed by atoms with Gasteiger partial charge in [0.15, 0.2) is 0 Å². The molecule has 0 N–H and O–H groups in total. The number of nitriles is 1. The van der Waals surface area contributed by atoms with Crippen molar-refractivity contribution in [2.75, 3.05) is 19.6 Å². The molecule has 4 nitrogen and oxygen atoms in total. The average Bonchev–Trinajstić information content (AvgIpc) is 3.08. The first kappa shape index (κ1) is 17.5. The second-order valence-corrected chi connectivity index (χ2v) is 8.45. The number of hydrogen-bond donors (Lipinski definition) is 0. The van der Waals surface area contributed by atoms with Gasteiger partial charge in [0.05, 0.1) is 17.0 Å². The van der Waals surface area contributed by atoms with Crippen molar-refractivity contribution in [2.45, 2.75) is 64.0 Å². The van der Waals surface area contributed by atoms with Crippen molar-refractivity contribution in [3.63, 3.8) is 0 Å². The van der Waals surface area contributed by atoms with Gasteiger partial charge in [0.25, 0.3) is 0 Å². The van der Waals surface area contributed by atoms with E-state index in [1.807, 2.05) is 18.2 Å². The Labute approximate surface area is 156 Å². The molecule has 0 radical (unpaired) electrons. The Balaban J connectivity index is 1.44. The number of amides is 1. The third-order valence-corrected chi connectivity index (χ3v) is 6.68. The second-order valence-electron chi connectivity index (χ2n) is 8.45. The van der Waals surface area contributed by atoms with Gasteiger partial charge in [-0.3, -0.25) is 9.69 Å². The fourth-order valence-electron chi connectivity index (χ4n) is 5.31. The smallest absolute Gasteiger partial charge is 0.230 e. The normalized spacial score (nSPS) is 27.8. The van der Waals surface area contributed by atoms with Crippen LogP contribution in [0.25, 0.3) is 0 Å². The number of carbonyl (C=O) groups excluding carboxylic acids is 1. The Morgan fingerprint density at radius 1 is 1.12 bits per heavy atom. The SMILES string of the molecule is N#Cc1cccc(CN2CC[C@@]3(CCCN(C4CCCCC4)C3=O)C2)c1. The maximum atomic E-state index is 13.4. The van der Waals surface area contributed by atoms with Gasteiger partial charge in [-0.2, -0.15) is 5.26 Å². The number of benzene rings is 1. The van der Waals surface area contributed by atoms with Crippen molar-refractivity contribution >= 4 is 5.91 Å². The number of rotatable bonds is 3. The lowest BCUT2D eigenvalue weighted by Gasteiger charge is -2.44. The third-order valence-electron chi connectivity index (χ3n) is 6.68. The van der Waals surface area contributed by atoms with Crippen LogP contribution >= 0.6 is 0 Å². The zero-order valence-electron chi connectivity index (χ0n) is 15.6. The Hall–Kier alpha value is -1.86. The largest absolute Gasteiger partial charge is 0.339 e. The molecule has 4 heteroatoms. The molecule has 1 atom stereocenters. The molecule has 3 aliphatic rings. The summed E-state index contributed by atoms with van der Waals surface area (Å²) >= 11 is 0. The van der Waals surface area contributed by atoms with E-state index in [1.165, 1.54) is 37.7 Å². The van der Waals surface area contributed by atoms with Crippen LogP contribution in [0.2, 0.25) is 0 Å². The first-order valence-corrected chi connectivity index (χ1v) is 10.2. The molecule has 2 aliphatic heterocycles. The molecule has 0 bridgehead atoms. The van der Waals surface area contributed by atoms with Gasteiger partial charge < -0.3 is 4.90 Å². The topological polar surface area (TPSA) is 47.3 Å². The molecule has 1 amide bonds. The van der Waals surface area contributed by atoms with Gasteiger partial charge >= 0.3 is 0 Å². The molecule has 2 saturated heterocycles. The summed E-state index contributed by atoms with van der Waals surface area (Å²) in [5.41, 5.74) is 1.74. The lowest BCUT2D eigenvalue weighted by atomic mass is 9.77. The lowest BCUT2D eigenvalue weighted by molar-refractivity contribution is -0.149. The van der Waals surface area contributed by atoms with Crippen molar-refractivity contribution in [3.8, 4) is 6.07 Å². The highest BCUT2D eigenvalue weighted by molar-refractivity contribution is 5.84. The van der Waals surface area contributed by atoms with Crippen molar-refractivity contribution in [1.82, 2.24) is 9.80 Å². The first-order chi connectivity index (χ1) is 12.7. The van der Waals surface area contributed by atoms with E-state index in [2.05, 4.69) is 21.9 Å². The van der Waals surface area contributed by atoms with Crippen LogP contribution in [0.5, 0.6) is 0 Å². The number of piperidine rings is 1. The van der Waals surface area contributed by atoms with E-state index in [4.69, 9.17) is 5.26 Å². The fourth-order valence-corrected chi connectivity index (χ4v) is 5.31. The summed E-state index contributed by atoms with van der Waals surface area (Å²) in [5, 5.41) is 9.10. The molecular weight excluding hydrogens is 322 g/mol. The summed E-state index contributed by atoms with van der Waals surface area (Å²) in [6, 6.07) is 10.6. The van der Waals surface area contributed by atoms with Crippen molar-refractivity contribution in [3.05, 3.63) is 35.4 Å². The number of likely N-dealkylation sites (tertiary alicyclic amines) is 2.